The summed E-state index contributed by atoms with van der Waals surface area (Å²) in [6.07, 6.45) is 3.80. The molecule has 0 N–H and O–H groups in total. The van der Waals surface area contributed by atoms with Crippen molar-refractivity contribution in [2.45, 2.75) is 27.7 Å². The smallest absolute Gasteiger partial charge is 0.238 e. The van der Waals surface area contributed by atoms with Crippen LogP contribution >= 0.6 is 0 Å². The number of carbonyl (C=O) groups is 4. The number of imide groups is 2. The van der Waals surface area contributed by atoms with E-state index < -0.39 is 35.5 Å². The standard InChI is InChI=1S/C28H26N2O4/c1-13-5-7-17(11-15(13)3)29-25(31)21-19-9-10-20(22(21)26(29)32)24-23(19)27(33)30(28(24)34)18-8-6-14(2)16(4)12-18/h5-12,19-24H,1-4H3. The Morgan fingerprint density at radius 3 is 1.12 bits per heavy atom. The lowest BCUT2D eigenvalue weighted by molar-refractivity contribution is -0.137. The van der Waals surface area contributed by atoms with Crippen LogP contribution in [0.2, 0.25) is 0 Å². The number of amides is 4. The van der Waals surface area contributed by atoms with E-state index in [4.69, 9.17) is 0 Å². The van der Waals surface area contributed by atoms with E-state index in [2.05, 4.69) is 0 Å². The monoisotopic (exact) mass is 454 g/mol. The summed E-state index contributed by atoms with van der Waals surface area (Å²) in [7, 11) is 0. The van der Waals surface area contributed by atoms with Crippen LogP contribution in [0.15, 0.2) is 48.6 Å². The Kier molecular flexibility index (Phi) is 4.32. The number of hydrogen-bond acceptors (Lipinski definition) is 4. The lowest BCUT2D eigenvalue weighted by Gasteiger charge is -2.44. The highest BCUT2D eigenvalue weighted by molar-refractivity contribution is 6.26. The van der Waals surface area contributed by atoms with E-state index in [-0.39, 0.29) is 23.6 Å². The van der Waals surface area contributed by atoms with Crippen LogP contribution in [0.25, 0.3) is 0 Å². The molecule has 1 saturated carbocycles. The molecule has 4 atom stereocenters. The molecule has 0 spiro atoms. The molecule has 2 heterocycles. The van der Waals surface area contributed by atoms with Crippen molar-refractivity contribution in [3.05, 3.63) is 70.8 Å². The number of aryl methyl sites for hydroxylation is 4. The van der Waals surface area contributed by atoms with Gasteiger partial charge < -0.3 is 0 Å². The van der Waals surface area contributed by atoms with Crippen molar-refractivity contribution >= 4 is 35.0 Å². The largest absolute Gasteiger partial charge is 0.274 e. The maximum Gasteiger partial charge on any atom is 0.238 e. The number of rotatable bonds is 2. The highest BCUT2D eigenvalue weighted by Crippen LogP contribution is 2.58. The molecule has 2 aromatic rings. The molecule has 6 nitrogen and oxygen atoms in total. The van der Waals surface area contributed by atoms with Gasteiger partial charge in [0, 0.05) is 11.8 Å². The quantitative estimate of drug-likeness (QED) is 0.513. The van der Waals surface area contributed by atoms with Crippen molar-refractivity contribution in [1.82, 2.24) is 0 Å². The second kappa shape index (κ2) is 6.98. The van der Waals surface area contributed by atoms with Crippen LogP contribution in [0, 0.1) is 63.2 Å². The van der Waals surface area contributed by atoms with Crippen LogP contribution in [0.4, 0.5) is 11.4 Å². The van der Waals surface area contributed by atoms with E-state index in [1.807, 2.05) is 64.1 Å². The van der Waals surface area contributed by atoms with Crippen LogP contribution in [-0.4, -0.2) is 23.6 Å². The predicted molar refractivity (Wildman–Crippen MR) is 127 cm³/mol. The lowest BCUT2D eigenvalue weighted by atomic mass is 9.54. The van der Waals surface area contributed by atoms with Crippen LogP contribution < -0.4 is 9.80 Å². The topological polar surface area (TPSA) is 74.8 Å². The fraction of sp³-hybridized carbons (Fsp3) is 0.357. The SMILES string of the molecule is Cc1ccc(N2C(=O)C3C4C=CC(C3C2=O)C2C(=O)N(c3ccc(C)c(C)c3)C(=O)C42)cc1C. The van der Waals surface area contributed by atoms with Gasteiger partial charge in [-0.25, -0.2) is 0 Å². The van der Waals surface area contributed by atoms with Crippen molar-refractivity contribution in [3.63, 3.8) is 0 Å². The number of carbonyl (C=O) groups excluding carboxylic acids is 4. The van der Waals surface area contributed by atoms with Crippen molar-refractivity contribution in [2.75, 3.05) is 9.80 Å². The van der Waals surface area contributed by atoms with E-state index in [1.165, 1.54) is 9.80 Å². The van der Waals surface area contributed by atoms with Gasteiger partial charge in [-0.1, -0.05) is 24.3 Å². The zero-order valence-corrected chi connectivity index (χ0v) is 19.6. The van der Waals surface area contributed by atoms with E-state index in [1.54, 1.807) is 12.1 Å². The highest BCUT2D eigenvalue weighted by Gasteiger charge is 2.68. The Morgan fingerprint density at radius 2 is 0.824 bits per heavy atom. The van der Waals surface area contributed by atoms with Gasteiger partial charge in [-0.05, 0) is 74.2 Å². The maximum atomic E-state index is 13.6. The number of nitrogens with zero attached hydrogens (tertiary/aromatic N) is 2. The van der Waals surface area contributed by atoms with Crippen molar-refractivity contribution in [3.8, 4) is 0 Å². The molecule has 3 fully saturated rings. The number of anilines is 2. The van der Waals surface area contributed by atoms with Gasteiger partial charge in [-0.2, -0.15) is 0 Å². The Bertz CT molecular complexity index is 1200. The molecule has 2 aliphatic heterocycles. The van der Waals surface area contributed by atoms with Crippen LogP contribution in [0.5, 0.6) is 0 Å². The third-order valence-corrected chi connectivity index (χ3v) is 8.51. The second-order valence-corrected chi connectivity index (χ2v) is 10.2. The molecule has 2 bridgehead atoms. The first-order valence-electron chi connectivity index (χ1n) is 11.8. The average molecular weight is 455 g/mol. The Hall–Kier alpha value is -3.54. The molecule has 2 saturated heterocycles. The fourth-order valence-corrected chi connectivity index (χ4v) is 6.46. The van der Waals surface area contributed by atoms with E-state index in [9.17, 15) is 19.2 Å². The molecular weight excluding hydrogens is 428 g/mol. The molecule has 4 unspecified atom stereocenters. The lowest BCUT2D eigenvalue weighted by Crippen LogP contribution is -2.50. The molecule has 172 valence electrons. The minimum atomic E-state index is -0.609. The molecule has 5 aliphatic rings. The molecule has 2 aromatic carbocycles. The van der Waals surface area contributed by atoms with Crippen LogP contribution in [-0.2, 0) is 19.2 Å². The first-order valence-corrected chi connectivity index (χ1v) is 11.8. The third-order valence-electron chi connectivity index (χ3n) is 8.51. The van der Waals surface area contributed by atoms with Gasteiger partial charge in [0.25, 0.3) is 0 Å². The van der Waals surface area contributed by atoms with Crippen molar-refractivity contribution in [2.24, 2.45) is 35.5 Å². The molecule has 3 aliphatic carbocycles. The first kappa shape index (κ1) is 21.0. The first-order chi connectivity index (χ1) is 16.2. The molecule has 34 heavy (non-hydrogen) atoms. The van der Waals surface area contributed by atoms with Gasteiger partial charge in [0.05, 0.1) is 35.0 Å². The average Bonchev–Trinajstić information content (AvgIpc) is 3.25. The molecule has 4 amide bonds. The summed E-state index contributed by atoms with van der Waals surface area (Å²) in [5.41, 5.74) is 5.29. The Morgan fingerprint density at radius 1 is 0.500 bits per heavy atom. The second-order valence-electron chi connectivity index (χ2n) is 10.2. The summed E-state index contributed by atoms with van der Waals surface area (Å²) in [5, 5.41) is 0. The molecule has 0 aromatic heterocycles. The summed E-state index contributed by atoms with van der Waals surface area (Å²) >= 11 is 0. The highest BCUT2D eigenvalue weighted by atomic mass is 16.2. The van der Waals surface area contributed by atoms with Crippen LogP contribution in [0.1, 0.15) is 22.3 Å². The Balaban J connectivity index is 1.39. The fourth-order valence-electron chi connectivity index (χ4n) is 6.46. The van der Waals surface area contributed by atoms with Crippen molar-refractivity contribution in [1.29, 1.82) is 0 Å². The number of benzene rings is 2. The number of allylic oxidation sites excluding steroid dienone is 2. The molecule has 7 rings (SSSR count). The summed E-state index contributed by atoms with van der Waals surface area (Å²) in [5.74, 6) is -4.40. The summed E-state index contributed by atoms with van der Waals surface area (Å²) < 4.78 is 0. The Labute approximate surface area is 198 Å². The third kappa shape index (κ3) is 2.57. The van der Waals surface area contributed by atoms with Crippen molar-refractivity contribution < 1.29 is 19.2 Å². The van der Waals surface area contributed by atoms with Gasteiger partial charge in [-0.15, -0.1) is 0 Å². The van der Waals surface area contributed by atoms with E-state index >= 15 is 0 Å². The van der Waals surface area contributed by atoms with E-state index in [0.717, 1.165) is 22.3 Å². The van der Waals surface area contributed by atoms with E-state index in [0.29, 0.717) is 11.4 Å². The minimum Gasteiger partial charge on any atom is -0.274 e. The molecule has 6 heteroatoms. The minimum absolute atomic E-state index is 0.263. The number of hydrogen-bond donors (Lipinski definition) is 0. The maximum absolute atomic E-state index is 13.6. The van der Waals surface area contributed by atoms with Gasteiger partial charge in [0.1, 0.15) is 0 Å². The molecule has 0 radical (unpaired) electrons. The van der Waals surface area contributed by atoms with Crippen LogP contribution in [0.3, 0.4) is 0 Å². The predicted octanol–water partition coefficient (Wildman–Crippen LogP) is 3.65. The zero-order valence-electron chi connectivity index (χ0n) is 19.6. The molecular formula is C28H26N2O4. The normalized spacial score (nSPS) is 31.5. The summed E-state index contributed by atoms with van der Waals surface area (Å²) in [6.45, 7) is 7.86. The van der Waals surface area contributed by atoms with Gasteiger partial charge in [-0.3, -0.25) is 29.0 Å². The van der Waals surface area contributed by atoms with Gasteiger partial charge in [0.2, 0.25) is 23.6 Å². The van der Waals surface area contributed by atoms with Gasteiger partial charge in [0.15, 0.2) is 0 Å². The zero-order chi connectivity index (χ0) is 24.0. The summed E-state index contributed by atoms with van der Waals surface area (Å²) in [6, 6.07) is 11.1. The van der Waals surface area contributed by atoms with Gasteiger partial charge >= 0.3 is 0 Å². The summed E-state index contributed by atoms with van der Waals surface area (Å²) in [4.78, 5) is 57.0.